The average molecular weight is 496 g/mol. The highest BCUT2D eigenvalue weighted by molar-refractivity contribution is 14.0. The SMILES string of the molecule is CCCN1CCC(NC(=NCc2ncc(-c3ccccc3)[nH]2)NCC)CC1.I. The monoisotopic (exact) mass is 496 g/mol. The summed E-state index contributed by atoms with van der Waals surface area (Å²) in [5.74, 6) is 1.76. The lowest BCUT2D eigenvalue weighted by Gasteiger charge is -2.32. The molecule has 7 heteroatoms. The first-order valence-electron chi connectivity index (χ1n) is 10.1. The molecule has 2 heterocycles. The Kier molecular flexibility index (Phi) is 9.77. The molecule has 3 N–H and O–H groups in total. The van der Waals surface area contributed by atoms with Crippen LogP contribution in [0.2, 0.25) is 0 Å². The van der Waals surface area contributed by atoms with Gasteiger partial charge in [0, 0.05) is 25.7 Å². The topological polar surface area (TPSA) is 68.3 Å². The van der Waals surface area contributed by atoms with Gasteiger partial charge in [0.15, 0.2) is 5.96 Å². The molecule has 0 amide bonds. The van der Waals surface area contributed by atoms with Gasteiger partial charge in [-0.3, -0.25) is 0 Å². The van der Waals surface area contributed by atoms with Gasteiger partial charge in [-0.05, 0) is 38.3 Å². The quantitative estimate of drug-likeness (QED) is 0.311. The number of piperidine rings is 1. The maximum absolute atomic E-state index is 4.73. The number of likely N-dealkylation sites (tertiary alicyclic amines) is 1. The van der Waals surface area contributed by atoms with Gasteiger partial charge in [0.2, 0.25) is 0 Å². The van der Waals surface area contributed by atoms with Gasteiger partial charge in [-0.2, -0.15) is 0 Å². The molecule has 1 aromatic heterocycles. The number of hydrogen-bond acceptors (Lipinski definition) is 3. The molecule has 1 aliphatic rings. The van der Waals surface area contributed by atoms with E-state index in [1.165, 1.54) is 38.9 Å². The zero-order valence-electron chi connectivity index (χ0n) is 16.9. The number of hydrogen-bond donors (Lipinski definition) is 3. The van der Waals surface area contributed by atoms with Crippen molar-refractivity contribution in [3.05, 3.63) is 42.4 Å². The number of nitrogens with one attached hydrogen (secondary N) is 3. The largest absolute Gasteiger partial charge is 0.357 e. The zero-order chi connectivity index (χ0) is 18.9. The van der Waals surface area contributed by atoms with E-state index in [1.807, 2.05) is 24.4 Å². The van der Waals surface area contributed by atoms with Crippen LogP contribution in [0.3, 0.4) is 0 Å². The Morgan fingerprint density at radius 2 is 1.96 bits per heavy atom. The molecule has 1 aromatic carbocycles. The normalized spacial score (nSPS) is 15.9. The summed E-state index contributed by atoms with van der Waals surface area (Å²) in [6.07, 6.45) is 5.45. The first-order chi connectivity index (χ1) is 13.3. The van der Waals surface area contributed by atoms with Crippen LogP contribution in [-0.2, 0) is 6.54 Å². The number of aromatic nitrogens is 2. The van der Waals surface area contributed by atoms with Gasteiger partial charge in [0.1, 0.15) is 12.4 Å². The van der Waals surface area contributed by atoms with Crippen molar-refractivity contribution in [1.82, 2.24) is 25.5 Å². The van der Waals surface area contributed by atoms with Crippen molar-refractivity contribution in [3.8, 4) is 11.3 Å². The van der Waals surface area contributed by atoms with Gasteiger partial charge in [-0.1, -0.05) is 37.3 Å². The lowest BCUT2D eigenvalue weighted by atomic mass is 10.1. The summed E-state index contributed by atoms with van der Waals surface area (Å²) in [6.45, 7) is 9.29. The third-order valence-electron chi connectivity index (χ3n) is 4.91. The molecular weight excluding hydrogens is 463 g/mol. The van der Waals surface area contributed by atoms with Crippen LogP contribution >= 0.6 is 24.0 Å². The van der Waals surface area contributed by atoms with Crippen LogP contribution in [0.1, 0.15) is 38.9 Å². The summed E-state index contributed by atoms with van der Waals surface area (Å²) in [5, 5.41) is 6.96. The molecule has 1 saturated heterocycles. The van der Waals surface area contributed by atoms with Crippen molar-refractivity contribution in [3.63, 3.8) is 0 Å². The molecule has 2 aromatic rings. The number of nitrogens with zero attached hydrogens (tertiary/aromatic N) is 3. The summed E-state index contributed by atoms with van der Waals surface area (Å²) >= 11 is 0. The molecule has 0 radical (unpaired) electrons. The molecule has 0 bridgehead atoms. The Morgan fingerprint density at radius 1 is 1.21 bits per heavy atom. The second-order valence-corrected chi connectivity index (χ2v) is 7.07. The molecular formula is C21H33IN6. The van der Waals surface area contributed by atoms with Crippen molar-refractivity contribution in [1.29, 1.82) is 0 Å². The van der Waals surface area contributed by atoms with Crippen LogP contribution in [0.15, 0.2) is 41.5 Å². The van der Waals surface area contributed by atoms with Crippen molar-refractivity contribution in [2.45, 2.75) is 45.7 Å². The third kappa shape index (κ3) is 6.77. The predicted molar refractivity (Wildman–Crippen MR) is 127 cm³/mol. The number of guanidine groups is 1. The highest BCUT2D eigenvalue weighted by atomic mass is 127. The fraction of sp³-hybridized carbons (Fsp3) is 0.524. The van der Waals surface area contributed by atoms with Crippen molar-refractivity contribution in [2.24, 2.45) is 4.99 Å². The second kappa shape index (κ2) is 12.1. The van der Waals surface area contributed by atoms with Gasteiger partial charge in [-0.25, -0.2) is 9.98 Å². The number of aromatic amines is 1. The highest BCUT2D eigenvalue weighted by Crippen LogP contribution is 2.16. The number of H-pyrrole nitrogens is 1. The van der Waals surface area contributed by atoms with Crippen molar-refractivity contribution in [2.75, 3.05) is 26.2 Å². The van der Waals surface area contributed by atoms with E-state index in [0.29, 0.717) is 12.6 Å². The van der Waals surface area contributed by atoms with Gasteiger partial charge in [0.05, 0.1) is 11.9 Å². The van der Waals surface area contributed by atoms with E-state index >= 15 is 0 Å². The Hall–Kier alpha value is -1.61. The minimum Gasteiger partial charge on any atom is -0.357 e. The molecule has 0 unspecified atom stereocenters. The van der Waals surface area contributed by atoms with E-state index in [4.69, 9.17) is 4.99 Å². The lowest BCUT2D eigenvalue weighted by molar-refractivity contribution is 0.206. The van der Waals surface area contributed by atoms with Gasteiger partial charge in [0.25, 0.3) is 0 Å². The predicted octanol–water partition coefficient (Wildman–Crippen LogP) is 3.62. The van der Waals surface area contributed by atoms with Crippen LogP contribution in [0.4, 0.5) is 0 Å². The summed E-state index contributed by atoms with van der Waals surface area (Å²) in [7, 11) is 0. The number of aliphatic imine (C=N–C) groups is 1. The van der Waals surface area contributed by atoms with Crippen molar-refractivity contribution >= 4 is 29.9 Å². The average Bonchev–Trinajstić information content (AvgIpc) is 3.18. The first kappa shape index (κ1) is 22.7. The molecule has 28 heavy (non-hydrogen) atoms. The van der Waals surface area contributed by atoms with E-state index in [0.717, 1.165) is 29.6 Å². The molecule has 154 valence electrons. The maximum Gasteiger partial charge on any atom is 0.191 e. The van der Waals surface area contributed by atoms with Crippen LogP contribution in [0.25, 0.3) is 11.3 Å². The standard InChI is InChI=1S/C21H32N6.HI/c1-3-12-27-13-10-18(11-14-27)25-21(22-4-2)24-16-20-23-15-19(26-20)17-8-6-5-7-9-17;/h5-9,15,18H,3-4,10-14,16H2,1-2H3,(H,23,26)(H2,22,24,25);1H. The first-order valence-corrected chi connectivity index (χ1v) is 10.1. The number of imidazole rings is 1. The number of halogens is 1. The van der Waals surface area contributed by atoms with Crippen LogP contribution in [-0.4, -0.2) is 53.0 Å². The third-order valence-corrected chi connectivity index (χ3v) is 4.91. The fourth-order valence-corrected chi connectivity index (χ4v) is 3.49. The van der Waals surface area contributed by atoms with E-state index in [9.17, 15) is 0 Å². The minimum atomic E-state index is 0. The Labute approximate surface area is 185 Å². The molecule has 1 fully saturated rings. The molecule has 0 aliphatic carbocycles. The highest BCUT2D eigenvalue weighted by Gasteiger charge is 2.19. The van der Waals surface area contributed by atoms with E-state index in [-0.39, 0.29) is 24.0 Å². The molecule has 3 rings (SSSR count). The number of benzene rings is 1. The maximum atomic E-state index is 4.73. The minimum absolute atomic E-state index is 0. The summed E-state index contributed by atoms with van der Waals surface area (Å²) in [4.78, 5) is 15.1. The van der Waals surface area contributed by atoms with Crippen LogP contribution < -0.4 is 10.6 Å². The van der Waals surface area contributed by atoms with Gasteiger partial charge >= 0.3 is 0 Å². The van der Waals surface area contributed by atoms with Gasteiger partial charge in [-0.15, -0.1) is 24.0 Å². The Bertz CT molecular complexity index is 707. The molecule has 6 nitrogen and oxygen atoms in total. The summed E-state index contributed by atoms with van der Waals surface area (Å²) in [5.41, 5.74) is 2.17. The van der Waals surface area contributed by atoms with Gasteiger partial charge < -0.3 is 20.5 Å². The van der Waals surface area contributed by atoms with Crippen LogP contribution in [0, 0.1) is 0 Å². The smallest absolute Gasteiger partial charge is 0.191 e. The van der Waals surface area contributed by atoms with E-state index < -0.39 is 0 Å². The van der Waals surface area contributed by atoms with E-state index in [2.05, 4.69) is 51.5 Å². The molecule has 1 aliphatic heterocycles. The Balaban J connectivity index is 0.00000280. The Morgan fingerprint density at radius 3 is 2.64 bits per heavy atom. The van der Waals surface area contributed by atoms with Crippen molar-refractivity contribution < 1.29 is 0 Å². The summed E-state index contributed by atoms with van der Waals surface area (Å²) in [6, 6.07) is 10.7. The molecule has 0 atom stereocenters. The fourth-order valence-electron chi connectivity index (χ4n) is 3.49. The zero-order valence-corrected chi connectivity index (χ0v) is 19.3. The number of rotatable bonds is 7. The van der Waals surface area contributed by atoms with E-state index in [1.54, 1.807) is 0 Å². The summed E-state index contributed by atoms with van der Waals surface area (Å²) < 4.78 is 0. The van der Waals surface area contributed by atoms with Crippen LogP contribution in [0.5, 0.6) is 0 Å². The molecule has 0 saturated carbocycles. The molecule has 0 spiro atoms. The lowest BCUT2D eigenvalue weighted by Crippen LogP contribution is -2.48. The second-order valence-electron chi connectivity index (χ2n) is 7.07.